The molecule has 1 aromatic carbocycles. The van der Waals surface area contributed by atoms with E-state index in [1.165, 1.54) is 12.4 Å². The topological polar surface area (TPSA) is 105 Å². The molecule has 0 aliphatic rings. The maximum atomic E-state index is 11.7. The van der Waals surface area contributed by atoms with Gasteiger partial charge in [0.1, 0.15) is 11.5 Å². The lowest BCUT2D eigenvalue weighted by Crippen LogP contribution is -2.24. The monoisotopic (exact) mass is 253 g/mol. The molecule has 0 atom stereocenters. The van der Waals surface area contributed by atoms with Crippen LogP contribution in [0.25, 0.3) is 0 Å². The van der Waals surface area contributed by atoms with Crippen molar-refractivity contribution in [3.63, 3.8) is 0 Å². The zero-order chi connectivity index (χ0) is 13.7. The van der Waals surface area contributed by atoms with E-state index in [1.807, 2.05) is 6.07 Å². The molecular weight excluding hydrogens is 242 g/mol. The van der Waals surface area contributed by atoms with Crippen LogP contribution in [0.4, 0.5) is 5.82 Å². The van der Waals surface area contributed by atoms with Gasteiger partial charge in [-0.15, -0.1) is 0 Å². The molecular formula is C13H11N5O. The Hall–Kier alpha value is -2.94. The summed E-state index contributed by atoms with van der Waals surface area (Å²) in [5.41, 5.74) is 7.08. The van der Waals surface area contributed by atoms with Gasteiger partial charge in [-0.2, -0.15) is 5.26 Å². The van der Waals surface area contributed by atoms with Gasteiger partial charge in [0, 0.05) is 6.54 Å². The van der Waals surface area contributed by atoms with Gasteiger partial charge in [-0.25, -0.2) is 9.97 Å². The molecule has 6 nitrogen and oxygen atoms in total. The van der Waals surface area contributed by atoms with Gasteiger partial charge < -0.3 is 11.1 Å². The third kappa shape index (κ3) is 3.26. The second kappa shape index (κ2) is 5.60. The first-order chi connectivity index (χ1) is 9.19. The van der Waals surface area contributed by atoms with E-state index in [-0.39, 0.29) is 17.4 Å². The van der Waals surface area contributed by atoms with Gasteiger partial charge in [0.2, 0.25) is 0 Å². The lowest BCUT2D eigenvalue weighted by atomic mass is 10.1. The number of nitriles is 1. The quantitative estimate of drug-likeness (QED) is 0.844. The predicted octanol–water partition coefficient (Wildman–Crippen LogP) is 0.860. The van der Waals surface area contributed by atoms with Crippen molar-refractivity contribution in [2.45, 2.75) is 6.54 Å². The number of anilines is 1. The number of carbonyl (C=O) groups excluding carboxylic acids is 1. The molecule has 1 aromatic heterocycles. The first-order valence-corrected chi connectivity index (χ1v) is 5.54. The summed E-state index contributed by atoms with van der Waals surface area (Å²) in [6.07, 6.45) is 2.65. The van der Waals surface area contributed by atoms with Crippen LogP contribution >= 0.6 is 0 Å². The molecule has 0 radical (unpaired) electrons. The van der Waals surface area contributed by atoms with Crippen molar-refractivity contribution in [2.75, 3.05) is 5.73 Å². The van der Waals surface area contributed by atoms with Crippen molar-refractivity contribution < 1.29 is 4.79 Å². The fourth-order valence-corrected chi connectivity index (χ4v) is 1.43. The van der Waals surface area contributed by atoms with Crippen LogP contribution in [-0.4, -0.2) is 15.9 Å². The fraction of sp³-hybridized carbons (Fsp3) is 0.0769. The van der Waals surface area contributed by atoms with E-state index >= 15 is 0 Å². The van der Waals surface area contributed by atoms with Crippen LogP contribution in [-0.2, 0) is 6.54 Å². The fourth-order valence-electron chi connectivity index (χ4n) is 1.43. The molecule has 0 aliphatic heterocycles. The number of rotatable bonds is 3. The average molecular weight is 253 g/mol. The van der Waals surface area contributed by atoms with Crippen molar-refractivity contribution in [1.82, 2.24) is 15.3 Å². The molecule has 6 heteroatoms. The second-order valence-electron chi connectivity index (χ2n) is 3.82. The number of nitrogens with zero attached hydrogens (tertiary/aromatic N) is 3. The molecule has 2 rings (SSSR count). The van der Waals surface area contributed by atoms with E-state index in [0.717, 1.165) is 5.56 Å². The van der Waals surface area contributed by atoms with Gasteiger partial charge in [-0.1, -0.05) is 12.1 Å². The molecule has 94 valence electrons. The van der Waals surface area contributed by atoms with Crippen molar-refractivity contribution in [3.05, 3.63) is 53.5 Å². The Labute approximate surface area is 109 Å². The summed E-state index contributed by atoms with van der Waals surface area (Å²) in [6.45, 7) is 0.358. The van der Waals surface area contributed by atoms with Gasteiger partial charge in [0.25, 0.3) is 5.91 Å². The molecule has 0 spiro atoms. The Morgan fingerprint density at radius 1 is 1.26 bits per heavy atom. The van der Waals surface area contributed by atoms with Crippen LogP contribution < -0.4 is 11.1 Å². The summed E-state index contributed by atoms with van der Waals surface area (Å²) in [4.78, 5) is 19.4. The zero-order valence-corrected chi connectivity index (χ0v) is 10.00. The lowest BCUT2D eigenvalue weighted by Gasteiger charge is -2.04. The maximum absolute atomic E-state index is 11.7. The van der Waals surface area contributed by atoms with Gasteiger partial charge in [-0.3, -0.25) is 4.79 Å². The largest absolute Gasteiger partial charge is 0.382 e. The molecule has 0 fully saturated rings. The summed E-state index contributed by atoms with van der Waals surface area (Å²) in [5, 5.41) is 11.4. The number of nitrogen functional groups attached to an aromatic ring is 1. The van der Waals surface area contributed by atoms with Crippen LogP contribution in [0.3, 0.4) is 0 Å². The van der Waals surface area contributed by atoms with E-state index in [1.54, 1.807) is 24.3 Å². The third-order valence-electron chi connectivity index (χ3n) is 2.44. The molecule has 0 aliphatic carbocycles. The molecule has 1 heterocycles. The Kier molecular flexibility index (Phi) is 3.69. The van der Waals surface area contributed by atoms with Gasteiger partial charge in [-0.05, 0) is 17.7 Å². The van der Waals surface area contributed by atoms with Crippen molar-refractivity contribution >= 4 is 11.7 Å². The Bertz CT molecular complexity index is 613. The van der Waals surface area contributed by atoms with Crippen LogP contribution in [0.1, 0.15) is 21.6 Å². The molecule has 0 saturated carbocycles. The van der Waals surface area contributed by atoms with Gasteiger partial charge in [0.05, 0.1) is 24.0 Å². The predicted molar refractivity (Wildman–Crippen MR) is 68.8 cm³/mol. The molecule has 0 unspecified atom stereocenters. The zero-order valence-electron chi connectivity index (χ0n) is 10.00. The number of benzene rings is 1. The standard InChI is InChI=1S/C13H11N5O/c14-5-9-1-3-10(4-2-9)6-18-13(19)11-7-17-12(15)8-16-11/h1-4,7-8H,6H2,(H2,15,17)(H,18,19). The summed E-state index contributed by atoms with van der Waals surface area (Å²) >= 11 is 0. The average Bonchev–Trinajstić information content (AvgIpc) is 2.46. The Balaban J connectivity index is 1.96. The van der Waals surface area contributed by atoms with Crippen molar-refractivity contribution in [3.8, 4) is 6.07 Å². The Morgan fingerprint density at radius 2 is 2.00 bits per heavy atom. The number of nitrogens with two attached hydrogens (primary N) is 1. The summed E-state index contributed by atoms with van der Waals surface area (Å²) in [6, 6.07) is 9.00. The highest BCUT2D eigenvalue weighted by Gasteiger charge is 2.06. The second-order valence-corrected chi connectivity index (χ2v) is 3.82. The minimum Gasteiger partial charge on any atom is -0.382 e. The molecule has 0 bridgehead atoms. The van der Waals surface area contributed by atoms with E-state index in [9.17, 15) is 4.79 Å². The van der Waals surface area contributed by atoms with Gasteiger partial charge >= 0.3 is 0 Å². The van der Waals surface area contributed by atoms with Crippen LogP contribution in [0.15, 0.2) is 36.7 Å². The van der Waals surface area contributed by atoms with Crippen molar-refractivity contribution in [2.24, 2.45) is 0 Å². The molecule has 2 aromatic rings. The highest BCUT2D eigenvalue weighted by molar-refractivity contribution is 5.91. The Morgan fingerprint density at radius 3 is 2.58 bits per heavy atom. The van der Waals surface area contributed by atoms with E-state index < -0.39 is 0 Å². The number of nitrogens with one attached hydrogen (secondary N) is 1. The summed E-state index contributed by atoms with van der Waals surface area (Å²) < 4.78 is 0. The summed E-state index contributed by atoms with van der Waals surface area (Å²) in [7, 11) is 0. The van der Waals surface area contributed by atoms with Crippen LogP contribution in [0, 0.1) is 11.3 Å². The summed E-state index contributed by atoms with van der Waals surface area (Å²) in [5.74, 6) is -0.0551. The van der Waals surface area contributed by atoms with Crippen LogP contribution in [0.5, 0.6) is 0 Å². The first-order valence-electron chi connectivity index (χ1n) is 5.54. The number of amides is 1. The molecule has 3 N–H and O–H groups in total. The number of hydrogen-bond acceptors (Lipinski definition) is 5. The molecule has 19 heavy (non-hydrogen) atoms. The maximum Gasteiger partial charge on any atom is 0.271 e. The SMILES string of the molecule is N#Cc1ccc(CNC(=O)c2cnc(N)cn2)cc1. The third-order valence-corrected chi connectivity index (χ3v) is 2.44. The van der Waals surface area contributed by atoms with Crippen molar-refractivity contribution in [1.29, 1.82) is 5.26 Å². The number of carbonyl (C=O) groups is 1. The van der Waals surface area contributed by atoms with E-state index in [2.05, 4.69) is 15.3 Å². The van der Waals surface area contributed by atoms with E-state index in [0.29, 0.717) is 12.1 Å². The smallest absolute Gasteiger partial charge is 0.271 e. The van der Waals surface area contributed by atoms with Gasteiger partial charge in [0.15, 0.2) is 0 Å². The minimum absolute atomic E-state index is 0.211. The highest BCUT2D eigenvalue weighted by atomic mass is 16.1. The first kappa shape index (κ1) is 12.5. The minimum atomic E-state index is -0.322. The highest BCUT2D eigenvalue weighted by Crippen LogP contribution is 2.03. The molecule has 0 saturated heterocycles. The van der Waals surface area contributed by atoms with E-state index in [4.69, 9.17) is 11.0 Å². The molecule has 1 amide bonds. The van der Waals surface area contributed by atoms with Crippen LogP contribution in [0.2, 0.25) is 0 Å². The number of hydrogen-bond donors (Lipinski definition) is 2. The lowest BCUT2D eigenvalue weighted by molar-refractivity contribution is 0.0945. The number of aromatic nitrogens is 2. The normalized spacial score (nSPS) is 9.63.